The van der Waals surface area contributed by atoms with Crippen molar-refractivity contribution in [2.45, 2.75) is 86.2 Å². The van der Waals surface area contributed by atoms with Gasteiger partial charge in [-0.3, -0.25) is 0 Å². The second-order valence-corrected chi connectivity index (χ2v) is 9.31. The summed E-state index contributed by atoms with van der Waals surface area (Å²) < 4.78 is 5.92. The molecule has 0 bridgehead atoms. The predicted octanol–water partition coefficient (Wildman–Crippen LogP) is 5.66. The Hall–Kier alpha value is -1.30. The highest BCUT2D eigenvalue weighted by molar-refractivity contribution is 5.87. The fourth-order valence-electron chi connectivity index (χ4n) is 4.30. The molecule has 136 valence electrons. The van der Waals surface area contributed by atoms with E-state index < -0.39 is 5.60 Å². The van der Waals surface area contributed by atoms with Crippen LogP contribution in [-0.4, -0.2) is 11.6 Å². The first-order valence-corrected chi connectivity index (χ1v) is 9.14. The van der Waals surface area contributed by atoms with Gasteiger partial charge in [-0.1, -0.05) is 20.4 Å². The van der Waals surface area contributed by atoms with E-state index in [-0.39, 0.29) is 16.8 Å². The summed E-state index contributed by atoms with van der Waals surface area (Å²) in [5.41, 5.74) is -0.584. The van der Waals surface area contributed by atoms with Crippen molar-refractivity contribution in [3.63, 3.8) is 0 Å². The van der Waals surface area contributed by atoms with Gasteiger partial charge in [0.1, 0.15) is 5.60 Å². The predicted molar refractivity (Wildman–Crippen MR) is 98.2 cm³/mol. The number of hydrogen-bond donors (Lipinski definition) is 0. The monoisotopic (exact) mass is 333 g/mol. The molecule has 1 saturated carbocycles. The molecule has 0 aromatic carbocycles. The average Bonchev–Trinajstić information content (AvgIpc) is 2.43. The lowest BCUT2D eigenvalue weighted by atomic mass is 9.56. The zero-order valence-corrected chi connectivity index (χ0v) is 16.7. The molecule has 0 radical (unpaired) electrons. The molecule has 1 aliphatic carbocycles. The zero-order valence-electron chi connectivity index (χ0n) is 16.7. The van der Waals surface area contributed by atoms with Crippen LogP contribution in [0.25, 0.3) is 0 Å². The fraction of sp³-hybridized carbons (Fsp3) is 0.810. The highest BCUT2D eigenvalue weighted by Gasteiger charge is 2.51. The van der Waals surface area contributed by atoms with Gasteiger partial charge < -0.3 is 4.74 Å². The Bertz CT molecular complexity index is 514. The van der Waals surface area contributed by atoms with E-state index in [1.54, 1.807) is 6.92 Å². The van der Waals surface area contributed by atoms with Gasteiger partial charge in [0, 0.05) is 11.0 Å². The third-order valence-corrected chi connectivity index (χ3v) is 5.79. The molecule has 0 aromatic heterocycles. The highest BCUT2D eigenvalue weighted by atomic mass is 16.6. The van der Waals surface area contributed by atoms with E-state index in [9.17, 15) is 10.1 Å². The van der Waals surface area contributed by atoms with Gasteiger partial charge >= 0.3 is 5.97 Å². The number of hydrogen-bond acceptors (Lipinski definition) is 3. The van der Waals surface area contributed by atoms with E-state index in [4.69, 9.17) is 4.74 Å². The minimum absolute atomic E-state index is 0.0939. The number of rotatable bonds is 6. The van der Waals surface area contributed by atoms with Gasteiger partial charge in [0.05, 0.1) is 11.5 Å². The molecule has 0 spiro atoms. The van der Waals surface area contributed by atoms with Crippen molar-refractivity contribution >= 4 is 5.97 Å². The van der Waals surface area contributed by atoms with Crippen LogP contribution in [0.4, 0.5) is 0 Å². The van der Waals surface area contributed by atoms with Crippen molar-refractivity contribution in [1.82, 2.24) is 0 Å². The zero-order chi connectivity index (χ0) is 18.8. The first-order chi connectivity index (χ1) is 10.8. The summed E-state index contributed by atoms with van der Waals surface area (Å²) in [5.74, 6) is 0.883. The van der Waals surface area contributed by atoms with E-state index in [2.05, 4.69) is 26.5 Å². The number of ether oxygens (including phenoxy) is 1. The molecular weight excluding hydrogens is 298 g/mol. The topological polar surface area (TPSA) is 50.1 Å². The normalized spacial score (nSPS) is 28.1. The van der Waals surface area contributed by atoms with Crippen LogP contribution in [0.1, 0.15) is 80.6 Å². The molecule has 1 rings (SSSR count). The largest absolute Gasteiger partial charge is 0.456 e. The van der Waals surface area contributed by atoms with Gasteiger partial charge in [0.15, 0.2) is 0 Å². The third-order valence-electron chi connectivity index (χ3n) is 5.79. The Kier molecular flexibility index (Phi) is 6.31. The lowest BCUT2D eigenvalue weighted by Crippen LogP contribution is -2.51. The van der Waals surface area contributed by atoms with Crippen molar-refractivity contribution < 1.29 is 9.53 Å². The van der Waals surface area contributed by atoms with Crippen LogP contribution in [0.15, 0.2) is 12.2 Å². The van der Waals surface area contributed by atoms with Crippen LogP contribution < -0.4 is 0 Å². The number of nitriles is 1. The number of nitrogens with zero attached hydrogens (tertiary/aromatic N) is 1. The van der Waals surface area contributed by atoms with Crippen molar-refractivity contribution in [3.05, 3.63) is 12.2 Å². The first kappa shape index (κ1) is 20.7. The molecule has 2 atom stereocenters. The van der Waals surface area contributed by atoms with E-state index in [0.29, 0.717) is 17.4 Å². The van der Waals surface area contributed by atoms with Crippen LogP contribution in [0, 0.1) is 34.0 Å². The Morgan fingerprint density at radius 1 is 1.25 bits per heavy atom. The molecule has 3 heteroatoms. The molecule has 0 aliphatic heterocycles. The molecule has 0 saturated heterocycles. The van der Waals surface area contributed by atoms with Gasteiger partial charge in [0.2, 0.25) is 0 Å². The highest BCUT2D eigenvalue weighted by Crippen LogP contribution is 2.54. The van der Waals surface area contributed by atoms with Crippen LogP contribution in [-0.2, 0) is 9.53 Å². The number of esters is 1. The van der Waals surface area contributed by atoms with E-state index in [0.717, 1.165) is 25.7 Å². The number of carbonyl (C=O) groups is 1. The Morgan fingerprint density at radius 3 is 2.17 bits per heavy atom. The lowest BCUT2D eigenvalue weighted by Gasteiger charge is -2.52. The van der Waals surface area contributed by atoms with Gasteiger partial charge in [-0.15, -0.1) is 0 Å². The van der Waals surface area contributed by atoms with Crippen LogP contribution in [0.3, 0.4) is 0 Å². The maximum absolute atomic E-state index is 12.2. The second-order valence-electron chi connectivity index (χ2n) is 9.31. The molecule has 2 unspecified atom stereocenters. The quantitative estimate of drug-likeness (QED) is 0.465. The maximum Gasteiger partial charge on any atom is 0.333 e. The summed E-state index contributed by atoms with van der Waals surface area (Å²) in [6.07, 6.45) is 5.01. The van der Waals surface area contributed by atoms with E-state index in [1.165, 1.54) is 6.42 Å². The summed E-state index contributed by atoms with van der Waals surface area (Å²) in [5, 5.41) is 9.39. The molecule has 24 heavy (non-hydrogen) atoms. The average molecular weight is 334 g/mol. The van der Waals surface area contributed by atoms with Crippen molar-refractivity contribution in [1.29, 1.82) is 5.26 Å². The van der Waals surface area contributed by atoms with Gasteiger partial charge in [-0.2, -0.15) is 5.26 Å². The fourth-order valence-corrected chi connectivity index (χ4v) is 4.30. The molecular formula is C21H35NO2. The minimum Gasteiger partial charge on any atom is -0.456 e. The Morgan fingerprint density at radius 2 is 1.75 bits per heavy atom. The van der Waals surface area contributed by atoms with Gasteiger partial charge in [0.25, 0.3) is 0 Å². The molecule has 0 amide bonds. The van der Waals surface area contributed by atoms with Gasteiger partial charge in [-0.05, 0) is 78.6 Å². The summed E-state index contributed by atoms with van der Waals surface area (Å²) in [6, 6.07) is 2.41. The Balaban J connectivity index is 3.15. The summed E-state index contributed by atoms with van der Waals surface area (Å²) in [6.45, 7) is 18.0. The molecule has 1 fully saturated rings. The molecule has 3 nitrogen and oxygen atoms in total. The van der Waals surface area contributed by atoms with Gasteiger partial charge in [-0.25, -0.2) is 4.79 Å². The second kappa shape index (κ2) is 7.30. The third kappa shape index (κ3) is 4.85. The van der Waals surface area contributed by atoms with Crippen molar-refractivity contribution in [2.75, 3.05) is 0 Å². The van der Waals surface area contributed by atoms with Crippen LogP contribution in [0.5, 0.6) is 0 Å². The standard InChI is InChI=1S/C21H35NO2/c1-15(2)18(23)24-20(7,8)21(10-9-19(5,6)14-22)12-16(3)11-17(4)13-21/h16-17H,1,9-13H2,2-8H3. The molecule has 0 heterocycles. The maximum atomic E-state index is 12.2. The van der Waals surface area contributed by atoms with E-state index in [1.807, 2.05) is 27.7 Å². The SMILES string of the molecule is C=C(C)C(=O)OC(C)(C)C1(CCC(C)(C)C#N)CC(C)CC(C)C1. The van der Waals surface area contributed by atoms with Crippen molar-refractivity contribution in [2.24, 2.45) is 22.7 Å². The Labute approximate surface area is 148 Å². The molecule has 0 aromatic rings. The van der Waals surface area contributed by atoms with Crippen LogP contribution in [0.2, 0.25) is 0 Å². The smallest absolute Gasteiger partial charge is 0.333 e. The summed E-state index contributed by atoms with van der Waals surface area (Å²) in [7, 11) is 0. The van der Waals surface area contributed by atoms with Crippen LogP contribution >= 0.6 is 0 Å². The summed E-state index contributed by atoms with van der Waals surface area (Å²) >= 11 is 0. The number of carbonyl (C=O) groups excluding carboxylic acids is 1. The van der Waals surface area contributed by atoms with E-state index >= 15 is 0 Å². The van der Waals surface area contributed by atoms with Crippen molar-refractivity contribution in [3.8, 4) is 6.07 Å². The first-order valence-electron chi connectivity index (χ1n) is 9.14. The minimum atomic E-state index is -0.572. The summed E-state index contributed by atoms with van der Waals surface area (Å²) in [4.78, 5) is 12.2. The lowest BCUT2D eigenvalue weighted by molar-refractivity contribution is -0.176. The molecule has 0 N–H and O–H groups in total. The molecule has 1 aliphatic rings.